The second-order valence-corrected chi connectivity index (χ2v) is 18.4. The summed E-state index contributed by atoms with van der Waals surface area (Å²) < 4.78 is 16.4. The number of ether oxygens (including phenoxy) is 3. The number of nitro benzene ring substituents is 3. The lowest BCUT2D eigenvalue weighted by Crippen LogP contribution is -2.63. The Morgan fingerprint density at radius 1 is 0.800 bits per heavy atom. The molecule has 4 aliphatic rings. The predicted molar refractivity (Wildman–Crippen MR) is 244 cm³/mol. The Kier molecular flexibility index (Phi) is 15.6. The number of carbonyl (C=O) groups is 6. The quantitative estimate of drug-likeness (QED) is 0.0532. The zero-order valence-corrected chi connectivity index (χ0v) is 38.5. The van der Waals surface area contributed by atoms with E-state index >= 15 is 0 Å². The lowest BCUT2D eigenvalue weighted by atomic mass is 9.79. The summed E-state index contributed by atoms with van der Waals surface area (Å²) in [6.45, 7) is 2.80. The molecule has 0 aliphatic carbocycles. The molecule has 0 radical (unpaired) electrons. The molecular weight excluding hydrogens is 941 g/mol. The smallest absolute Gasteiger partial charge is 0.410 e. The van der Waals surface area contributed by atoms with Gasteiger partial charge in [0.15, 0.2) is 0 Å². The van der Waals surface area contributed by atoms with Crippen LogP contribution >= 0.6 is 11.8 Å². The van der Waals surface area contributed by atoms with Gasteiger partial charge in [-0.05, 0) is 72.9 Å². The van der Waals surface area contributed by atoms with Crippen LogP contribution in [0, 0.1) is 42.2 Å². The Morgan fingerprint density at radius 2 is 1.33 bits per heavy atom. The number of nitrogens with zero attached hydrogens (tertiary/aromatic N) is 6. The van der Waals surface area contributed by atoms with Crippen LogP contribution in [0.3, 0.4) is 0 Å². The van der Waals surface area contributed by atoms with Gasteiger partial charge < -0.3 is 39.8 Å². The van der Waals surface area contributed by atoms with E-state index in [9.17, 15) is 64.2 Å². The fourth-order valence-electron chi connectivity index (χ4n) is 8.82. The van der Waals surface area contributed by atoms with E-state index in [0.717, 1.165) is 0 Å². The van der Waals surface area contributed by atoms with Crippen molar-refractivity contribution in [3.63, 3.8) is 0 Å². The third-order valence-corrected chi connectivity index (χ3v) is 13.9. The second kappa shape index (κ2) is 21.7. The standard InChI is InChI=1S/C45H48N8O16S/c1-25-38-37(26(2)54)42(57)50(38)39(43(58)67-22-27-3-9-31(10-4-27)51(61)62)40(25)70-34-19-35(49(21-34)45(60)69-24-29-7-13-33(14-8-29)53(65)66)41(56)48-18-16-30(20-48)47-36(55)15-17-46-44(59)68-23-28-5-11-32(12-6-28)52(63)64/h3-14,25-26,30,34-35,37-38,54H,15-24H2,1-2H3,(H,46,59)(H,47,55)/t25-,26-,30+,34+,35+,37-,38-/m1/s1. The van der Waals surface area contributed by atoms with Crippen molar-refractivity contribution in [3.05, 3.63) is 130 Å². The fourth-order valence-corrected chi connectivity index (χ4v) is 10.3. The van der Waals surface area contributed by atoms with Gasteiger partial charge in [-0.2, -0.15) is 0 Å². The molecule has 7 atom stereocenters. The summed E-state index contributed by atoms with van der Waals surface area (Å²) in [5.41, 5.74) is 0.951. The Hall–Kier alpha value is -7.67. The van der Waals surface area contributed by atoms with Crippen LogP contribution in [0.25, 0.3) is 0 Å². The van der Waals surface area contributed by atoms with Crippen LogP contribution in [0.4, 0.5) is 26.7 Å². The number of alkyl carbamates (subject to hydrolysis) is 1. The van der Waals surface area contributed by atoms with E-state index in [1.165, 1.54) is 106 Å². The summed E-state index contributed by atoms with van der Waals surface area (Å²) in [6.07, 6.45) is -2.35. The van der Waals surface area contributed by atoms with Gasteiger partial charge in [0.1, 0.15) is 31.6 Å². The van der Waals surface area contributed by atoms with Crippen LogP contribution in [0.1, 0.15) is 49.8 Å². The average Bonchev–Trinajstić information content (AvgIpc) is 4.04. The molecule has 3 saturated heterocycles. The number of rotatable bonds is 18. The topological polar surface area (TPSA) is 314 Å². The van der Waals surface area contributed by atoms with Gasteiger partial charge in [-0.3, -0.25) is 49.6 Å². The summed E-state index contributed by atoms with van der Waals surface area (Å²) >= 11 is 1.20. The van der Waals surface area contributed by atoms with Gasteiger partial charge >= 0.3 is 18.2 Å². The lowest BCUT2D eigenvalue weighted by molar-refractivity contribution is -0.385. The molecule has 70 heavy (non-hydrogen) atoms. The highest BCUT2D eigenvalue weighted by Crippen LogP contribution is 2.52. The maximum Gasteiger partial charge on any atom is 0.410 e. The van der Waals surface area contributed by atoms with E-state index in [0.29, 0.717) is 28.0 Å². The third-order valence-electron chi connectivity index (χ3n) is 12.4. The normalized spacial score (nSPS) is 21.9. The number of benzene rings is 3. The molecule has 0 saturated carbocycles. The first kappa shape index (κ1) is 50.2. The summed E-state index contributed by atoms with van der Waals surface area (Å²) in [4.78, 5) is 117. The zero-order chi connectivity index (χ0) is 50.4. The highest BCUT2D eigenvalue weighted by atomic mass is 32.2. The first-order chi connectivity index (χ1) is 33.4. The molecule has 4 heterocycles. The molecule has 4 aliphatic heterocycles. The number of non-ortho nitro benzene ring substituents is 3. The second-order valence-electron chi connectivity index (χ2n) is 17.1. The predicted octanol–water partition coefficient (Wildman–Crippen LogP) is 4.07. The van der Waals surface area contributed by atoms with Crippen molar-refractivity contribution in [3.8, 4) is 0 Å². The minimum absolute atomic E-state index is 0.0409. The van der Waals surface area contributed by atoms with E-state index in [1.807, 2.05) is 0 Å². The molecule has 3 N–H and O–H groups in total. The summed E-state index contributed by atoms with van der Waals surface area (Å²) in [7, 11) is 0. The van der Waals surface area contributed by atoms with Crippen LogP contribution in [-0.4, -0.2) is 126 Å². The number of aliphatic hydroxyl groups excluding tert-OH is 1. The number of hydrogen-bond donors (Lipinski definition) is 3. The minimum atomic E-state index is -1.07. The van der Waals surface area contributed by atoms with Crippen LogP contribution in [0.2, 0.25) is 0 Å². The van der Waals surface area contributed by atoms with Crippen molar-refractivity contribution in [2.75, 3.05) is 26.2 Å². The molecule has 0 aromatic heterocycles. The summed E-state index contributed by atoms with van der Waals surface area (Å²) in [6, 6.07) is 14.1. The van der Waals surface area contributed by atoms with Gasteiger partial charge in [0.05, 0.1) is 32.8 Å². The molecule has 3 aromatic carbocycles. The van der Waals surface area contributed by atoms with E-state index in [2.05, 4.69) is 10.6 Å². The first-order valence-corrected chi connectivity index (χ1v) is 23.0. The van der Waals surface area contributed by atoms with Crippen LogP contribution in [0.5, 0.6) is 0 Å². The van der Waals surface area contributed by atoms with E-state index in [1.54, 1.807) is 6.92 Å². The van der Waals surface area contributed by atoms with Gasteiger partial charge in [0.2, 0.25) is 17.7 Å². The number of likely N-dealkylation sites (tertiary alicyclic amines) is 2. The van der Waals surface area contributed by atoms with Gasteiger partial charge in [0, 0.05) is 91.1 Å². The van der Waals surface area contributed by atoms with Gasteiger partial charge in [-0.25, -0.2) is 14.4 Å². The average molecular weight is 989 g/mol. The number of hydrogen-bond acceptors (Lipinski definition) is 17. The van der Waals surface area contributed by atoms with Crippen molar-refractivity contribution >= 4 is 64.7 Å². The zero-order valence-electron chi connectivity index (χ0n) is 37.7. The van der Waals surface area contributed by atoms with E-state index in [-0.39, 0.29) is 81.6 Å². The van der Waals surface area contributed by atoms with Crippen molar-refractivity contribution in [1.29, 1.82) is 0 Å². The fraction of sp³-hybridized carbons (Fsp3) is 0.422. The Morgan fingerprint density at radius 3 is 1.86 bits per heavy atom. The largest absolute Gasteiger partial charge is 0.456 e. The maximum atomic E-state index is 14.4. The Balaban J connectivity index is 1.01. The number of esters is 1. The molecule has 5 amide bonds. The highest BCUT2D eigenvalue weighted by molar-refractivity contribution is 8.03. The Bertz CT molecular complexity index is 2580. The molecule has 25 heteroatoms. The molecular formula is C45H48N8O16S. The molecule has 3 aromatic rings. The molecule has 3 fully saturated rings. The highest BCUT2D eigenvalue weighted by Gasteiger charge is 2.61. The number of fused-ring (bicyclic) bond motifs is 1. The maximum absolute atomic E-state index is 14.4. The molecule has 0 spiro atoms. The number of nitrogens with one attached hydrogen (secondary N) is 2. The van der Waals surface area contributed by atoms with Crippen molar-refractivity contribution in [2.45, 2.75) is 82.4 Å². The number of amides is 5. The van der Waals surface area contributed by atoms with Gasteiger partial charge in [0.25, 0.3) is 17.1 Å². The van der Waals surface area contributed by atoms with Crippen molar-refractivity contribution in [1.82, 2.24) is 25.3 Å². The summed E-state index contributed by atoms with van der Waals surface area (Å²) in [5.74, 6) is -3.47. The molecule has 7 rings (SSSR count). The van der Waals surface area contributed by atoms with Gasteiger partial charge in [-0.15, -0.1) is 11.8 Å². The number of β-lactam (4-membered cyclic amide) rings is 1. The lowest BCUT2D eigenvalue weighted by Gasteiger charge is -2.46. The number of nitro groups is 3. The number of carbonyl (C=O) groups excluding carboxylic acids is 6. The molecule has 370 valence electrons. The SMILES string of the molecule is C[C@@H](O)[C@H]1C(=O)N2C(C(=O)OCc3ccc([N+](=O)[O-])cc3)=C(S[C@H]3C[C@@H](C(=O)N4CC[C@H](NC(=O)CCNC(=O)OCc5ccc([N+](=O)[O-])cc5)C4)N(C(=O)OCc4ccc([N+](=O)[O-])cc4)C3)[C@H](C)[C@H]12. The first-order valence-electron chi connectivity index (χ1n) is 22.1. The summed E-state index contributed by atoms with van der Waals surface area (Å²) in [5, 5.41) is 48.5. The minimum Gasteiger partial charge on any atom is -0.456 e. The number of aliphatic hydroxyl groups is 1. The van der Waals surface area contributed by atoms with Crippen LogP contribution in [0.15, 0.2) is 83.4 Å². The molecule has 0 unspecified atom stereocenters. The van der Waals surface area contributed by atoms with Crippen molar-refractivity contribution in [2.24, 2.45) is 11.8 Å². The van der Waals surface area contributed by atoms with E-state index in [4.69, 9.17) is 14.2 Å². The monoisotopic (exact) mass is 988 g/mol. The molecule has 0 bridgehead atoms. The van der Waals surface area contributed by atoms with E-state index < -0.39 is 92.0 Å². The van der Waals surface area contributed by atoms with Gasteiger partial charge in [-0.1, -0.05) is 6.92 Å². The third kappa shape index (κ3) is 11.4. The van der Waals surface area contributed by atoms with Crippen LogP contribution in [-0.2, 0) is 53.2 Å². The Labute approximate surface area is 402 Å². The molecule has 24 nitrogen and oxygen atoms in total. The number of thioether (sulfide) groups is 1. The van der Waals surface area contributed by atoms with Crippen LogP contribution < -0.4 is 10.6 Å². The van der Waals surface area contributed by atoms with Crippen molar-refractivity contribution < 1.29 is 62.9 Å².